The highest BCUT2D eigenvalue weighted by molar-refractivity contribution is 6.07. The van der Waals surface area contributed by atoms with E-state index in [-0.39, 0.29) is 0 Å². The van der Waals surface area contributed by atoms with Crippen LogP contribution in [0.5, 0.6) is 0 Å². The van der Waals surface area contributed by atoms with Crippen molar-refractivity contribution >= 4 is 5.71 Å². The van der Waals surface area contributed by atoms with Gasteiger partial charge in [-0.05, 0) is 6.08 Å². The van der Waals surface area contributed by atoms with Crippen LogP contribution in [0.2, 0.25) is 0 Å². The van der Waals surface area contributed by atoms with E-state index in [2.05, 4.69) is 4.99 Å². The molecule has 0 saturated heterocycles. The zero-order valence-electron chi connectivity index (χ0n) is 4.20. The minimum Gasteiger partial charge on any atom is -0.186 e. The first-order valence-corrected chi connectivity index (χ1v) is 2.24. The summed E-state index contributed by atoms with van der Waals surface area (Å²) in [5.74, 6) is 0. The smallest absolute Gasteiger partial charge is 0.186 e. The van der Waals surface area contributed by atoms with Gasteiger partial charge < -0.3 is 0 Å². The van der Waals surface area contributed by atoms with Gasteiger partial charge in [0.1, 0.15) is 0 Å². The van der Waals surface area contributed by atoms with E-state index in [4.69, 9.17) is 5.26 Å². The van der Waals surface area contributed by atoms with Gasteiger partial charge in [0.2, 0.25) is 6.20 Å². The Morgan fingerprint density at radius 1 is 1.50 bits per heavy atom. The van der Waals surface area contributed by atoms with E-state index in [1.807, 2.05) is 6.07 Å². The third-order valence-electron chi connectivity index (χ3n) is 0.779. The Bertz CT molecular complexity index is 203. The van der Waals surface area contributed by atoms with E-state index in [0.29, 0.717) is 5.71 Å². The molecule has 2 nitrogen and oxygen atoms in total. The topological polar surface area (TPSA) is 37.9 Å². The van der Waals surface area contributed by atoms with Gasteiger partial charge >= 0.3 is 5.71 Å². The third-order valence-corrected chi connectivity index (χ3v) is 0.779. The predicted octanol–water partition coefficient (Wildman–Crippen LogP) is 0.370. The summed E-state index contributed by atoms with van der Waals surface area (Å²) >= 11 is 0. The maximum atomic E-state index is 8.23. The van der Waals surface area contributed by atoms with Gasteiger partial charge in [-0.25, -0.2) is 0 Å². The van der Waals surface area contributed by atoms with Crippen LogP contribution in [0.1, 0.15) is 0 Å². The molecule has 1 radical (unpaired) electrons. The van der Waals surface area contributed by atoms with Crippen molar-refractivity contribution in [3.8, 4) is 6.07 Å². The summed E-state index contributed by atoms with van der Waals surface area (Å²) in [7, 11) is 0. The summed E-state index contributed by atoms with van der Waals surface area (Å²) < 4.78 is 0. The van der Waals surface area contributed by atoms with Crippen LogP contribution >= 0.6 is 0 Å². The molecule has 0 atom stereocenters. The Kier molecular flexibility index (Phi) is 1.25. The molecule has 1 aliphatic heterocycles. The minimum atomic E-state index is 0.465. The zero-order chi connectivity index (χ0) is 5.82. The van der Waals surface area contributed by atoms with Crippen LogP contribution < -0.4 is 4.99 Å². The van der Waals surface area contributed by atoms with Crippen LogP contribution in [0, 0.1) is 11.3 Å². The normalized spacial score (nSPS) is 15.1. The van der Waals surface area contributed by atoms with Crippen LogP contribution in [0.15, 0.2) is 24.4 Å². The third kappa shape index (κ3) is 0.824. The summed E-state index contributed by atoms with van der Waals surface area (Å²) in [5, 5.41) is 8.23. The molecule has 0 N–H and O–H groups in total. The van der Waals surface area contributed by atoms with Crippen molar-refractivity contribution < 1.29 is 0 Å². The molecule has 0 unspecified atom stereocenters. The van der Waals surface area contributed by atoms with E-state index < -0.39 is 0 Å². The second-order valence-corrected chi connectivity index (χ2v) is 1.33. The fourth-order valence-electron chi connectivity index (χ4n) is 0.429. The lowest BCUT2D eigenvalue weighted by molar-refractivity contribution is 1.37. The molecule has 0 amide bonds. The number of allylic oxidation sites excluding steroid dienone is 3. The van der Waals surface area contributed by atoms with Crippen molar-refractivity contribution in [2.45, 2.75) is 0 Å². The summed E-state index contributed by atoms with van der Waals surface area (Å²) in [5.41, 5.74) is 0.465. The quantitative estimate of drug-likeness (QED) is 0.437. The van der Waals surface area contributed by atoms with Crippen LogP contribution in [0.3, 0.4) is 0 Å². The molecule has 8 heavy (non-hydrogen) atoms. The van der Waals surface area contributed by atoms with Crippen LogP contribution in [-0.4, -0.2) is 5.71 Å². The van der Waals surface area contributed by atoms with Crippen molar-refractivity contribution in [2.24, 2.45) is 0 Å². The molecular weight excluding hydrogens is 100 g/mol. The van der Waals surface area contributed by atoms with Gasteiger partial charge in [0, 0.05) is 12.2 Å². The molecule has 1 heterocycles. The Hall–Kier alpha value is -1.36. The molecule has 1 aliphatic rings. The van der Waals surface area contributed by atoms with Gasteiger partial charge in [-0.15, -0.1) is 0 Å². The number of rotatable bonds is 0. The first-order chi connectivity index (χ1) is 3.93. The zero-order valence-corrected chi connectivity index (χ0v) is 4.20. The second-order valence-electron chi connectivity index (χ2n) is 1.33. The second kappa shape index (κ2) is 2.08. The molecule has 0 aromatic heterocycles. The van der Waals surface area contributed by atoms with Gasteiger partial charge in [0.15, 0.2) is 6.07 Å². The highest BCUT2D eigenvalue weighted by Crippen LogP contribution is 1.82. The average Bonchev–Trinajstić information content (AvgIpc) is 1.90. The summed E-state index contributed by atoms with van der Waals surface area (Å²) in [6.45, 7) is 0. The molecule has 37 valence electrons. The fourth-order valence-corrected chi connectivity index (χ4v) is 0.429. The summed E-state index contributed by atoms with van der Waals surface area (Å²) in [4.78, 5) is 3.74. The Morgan fingerprint density at radius 3 is 2.75 bits per heavy atom. The van der Waals surface area contributed by atoms with Gasteiger partial charge in [0.25, 0.3) is 0 Å². The molecule has 0 spiro atoms. The van der Waals surface area contributed by atoms with E-state index in [0.717, 1.165) is 0 Å². The standard InChI is InChI=1S/C6H4N2/c7-5-6-3-1-2-4-8-6/h1-4H/q+1. The monoisotopic (exact) mass is 104 g/mol. The van der Waals surface area contributed by atoms with Gasteiger partial charge in [-0.3, -0.25) is 0 Å². The number of hydrogen-bond donors (Lipinski definition) is 0. The van der Waals surface area contributed by atoms with E-state index in [1.54, 1.807) is 24.4 Å². The molecule has 0 fully saturated rings. The van der Waals surface area contributed by atoms with E-state index in [9.17, 15) is 0 Å². The SMILES string of the molecule is N#CC1=[N+]C=CC=C1. The van der Waals surface area contributed by atoms with Crippen molar-refractivity contribution in [1.29, 1.82) is 5.26 Å². The lowest BCUT2D eigenvalue weighted by Crippen LogP contribution is -1.97. The molecule has 0 aliphatic carbocycles. The molecule has 0 aromatic carbocycles. The molecule has 0 bridgehead atoms. The lowest BCUT2D eigenvalue weighted by Gasteiger charge is -1.71. The number of aliphatic imine (C=N–C) groups is 1. The predicted molar refractivity (Wildman–Crippen MR) is 31.0 cm³/mol. The average molecular weight is 104 g/mol. The first kappa shape index (κ1) is 4.79. The van der Waals surface area contributed by atoms with Gasteiger partial charge in [0.05, 0.1) is 4.99 Å². The highest BCUT2D eigenvalue weighted by atomic mass is 14.7. The van der Waals surface area contributed by atoms with Crippen LogP contribution in [-0.2, 0) is 0 Å². The fraction of sp³-hybridized carbons (Fsp3) is 0. The Balaban J connectivity index is 2.88. The van der Waals surface area contributed by atoms with Crippen molar-refractivity contribution in [3.05, 3.63) is 24.4 Å². The van der Waals surface area contributed by atoms with Gasteiger partial charge in [-0.2, -0.15) is 5.26 Å². The summed E-state index contributed by atoms with van der Waals surface area (Å²) in [6.07, 6.45) is 6.82. The minimum absolute atomic E-state index is 0.465. The number of hydrogen-bond acceptors (Lipinski definition) is 2. The van der Waals surface area contributed by atoms with Crippen molar-refractivity contribution in [1.82, 2.24) is 4.99 Å². The van der Waals surface area contributed by atoms with E-state index in [1.165, 1.54) is 0 Å². The Labute approximate surface area is 47.5 Å². The molecule has 2 heteroatoms. The summed E-state index contributed by atoms with van der Waals surface area (Å²) in [6, 6.07) is 1.92. The van der Waals surface area contributed by atoms with Crippen molar-refractivity contribution in [2.75, 3.05) is 0 Å². The van der Waals surface area contributed by atoms with Crippen LogP contribution in [0.25, 0.3) is 0 Å². The maximum absolute atomic E-state index is 8.23. The number of nitrogens with zero attached hydrogens (tertiary/aromatic N) is 2. The van der Waals surface area contributed by atoms with E-state index >= 15 is 0 Å². The van der Waals surface area contributed by atoms with Crippen LogP contribution in [0.4, 0.5) is 0 Å². The van der Waals surface area contributed by atoms with Crippen molar-refractivity contribution in [3.63, 3.8) is 0 Å². The highest BCUT2D eigenvalue weighted by Gasteiger charge is 2.03. The molecule has 0 aromatic rings. The number of nitriles is 1. The first-order valence-electron chi connectivity index (χ1n) is 2.24. The lowest BCUT2D eigenvalue weighted by atomic mass is 10.3. The van der Waals surface area contributed by atoms with Gasteiger partial charge in [-0.1, -0.05) is 0 Å². The Morgan fingerprint density at radius 2 is 2.38 bits per heavy atom. The molecular formula is C6H4N2+. The maximum Gasteiger partial charge on any atom is 0.353 e. The largest absolute Gasteiger partial charge is 0.353 e. The molecule has 0 saturated carbocycles. The molecule has 1 rings (SSSR count).